The Morgan fingerprint density at radius 3 is 2.40 bits per heavy atom. The lowest BCUT2D eigenvalue weighted by atomic mass is 9.80. The fourth-order valence-corrected chi connectivity index (χ4v) is 2.79. The predicted molar refractivity (Wildman–Crippen MR) is 69.9 cm³/mol. The first-order chi connectivity index (χ1) is 8.55. The fraction of sp³-hybridized carbons (Fsp3) is 0.917. The Labute approximate surface area is 122 Å². The molecule has 0 aromatic rings. The lowest BCUT2D eigenvalue weighted by Crippen LogP contribution is -2.46. The van der Waals surface area contributed by atoms with Crippen molar-refractivity contribution < 1.29 is 22.7 Å². The summed E-state index contributed by atoms with van der Waals surface area (Å²) in [5, 5.41) is 2.78. The lowest BCUT2D eigenvalue weighted by Gasteiger charge is -2.30. The van der Waals surface area contributed by atoms with Crippen molar-refractivity contribution in [1.29, 1.82) is 0 Å². The van der Waals surface area contributed by atoms with Crippen molar-refractivity contribution in [3.8, 4) is 0 Å². The van der Waals surface area contributed by atoms with Crippen LogP contribution in [0, 0.1) is 11.3 Å². The summed E-state index contributed by atoms with van der Waals surface area (Å²) in [7, 11) is 0. The smallest absolute Gasteiger partial charge is 0.410 e. The van der Waals surface area contributed by atoms with Crippen molar-refractivity contribution in [3.05, 3.63) is 0 Å². The highest BCUT2D eigenvalue weighted by Crippen LogP contribution is 2.50. The van der Waals surface area contributed by atoms with Gasteiger partial charge in [0, 0.05) is 32.1 Å². The molecule has 1 amide bonds. The molecule has 2 heterocycles. The molecular weight excluding hydrogens is 297 g/mol. The van der Waals surface area contributed by atoms with E-state index in [0.717, 1.165) is 0 Å². The van der Waals surface area contributed by atoms with E-state index < -0.39 is 29.2 Å². The SMILES string of the molecule is CC(C)(C)OC(=O)N1C[C@@H]2CNC[C@]2(C(F)(F)F)C1.Cl. The second-order valence-corrected chi connectivity index (χ2v) is 6.34. The Morgan fingerprint density at radius 1 is 1.35 bits per heavy atom. The van der Waals surface area contributed by atoms with Crippen LogP contribution < -0.4 is 5.32 Å². The summed E-state index contributed by atoms with van der Waals surface area (Å²) in [4.78, 5) is 13.1. The molecule has 0 aromatic heterocycles. The Balaban J connectivity index is 0.00000200. The first-order valence-corrected chi connectivity index (χ1v) is 6.30. The van der Waals surface area contributed by atoms with E-state index in [0.29, 0.717) is 6.54 Å². The van der Waals surface area contributed by atoms with Gasteiger partial charge in [-0.1, -0.05) is 0 Å². The van der Waals surface area contributed by atoms with Gasteiger partial charge in [0.2, 0.25) is 0 Å². The molecule has 2 rings (SSSR count). The molecule has 2 saturated heterocycles. The summed E-state index contributed by atoms with van der Waals surface area (Å²) in [5.74, 6) is -0.583. The minimum Gasteiger partial charge on any atom is -0.444 e. The molecule has 0 aromatic carbocycles. The summed E-state index contributed by atoms with van der Waals surface area (Å²) in [6.07, 6.45) is -4.97. The Morgan fingerprint density at radius 2 is 1.95 bits per heavy atom. The molecular formula is C12H20ClF3N2O2. The van der Waals surface area contributed by atoms with Gasteiger partial charge in [0.1, 0.15) is 11.0 Å². The average Bonchev–Trinajstić information content (AvgIpc) is 2.68. The topological polar surface area (TPSA) is 41.6 Å². The van der Waals surface area contributed by atoms with E-state index in [2.05, 4.69) is 5.32 Å². The maximum absolute atomic E-state index is 13.3. The Hall–Kier alpha value is -0.690. The van der Waals surface area contributed by atoms with Crippen molar-refractivity contribution in [1.82, 2.24) is 10.2 Å². The quantitative estimate of drug-likeness (QED) is 0.746. The van der Waals surface area contributed by atoms with Crippen molar-refractivity contribution >= 4 is 18.5 Å². The molecule has 0 saturated carbocycles. The molecule has 8 heteroatoms. The van der Waals surface area contributed by atoms with Crippen molar-refractivity contribution in [3.63, 3.8) is 0 Å². The van der Waals surface area contributed by atoms with Gasteiger partial charge in [-0.3, -0.25) is 0 Å². The molecule has 0 bridgehead atoms. The van der Waals surface area contributed by atoms with E-state index in [4.69, 9.17) is 4.74 Å². The number of fused-ring (bicyclic) bond motifs is 1. The Bertz CT molecular complexity index is 384. The molecule has 2 fully saturated rings. The number of ether oxygens (including phenoxy) is 1. The molecule has 2 aliphatic rings. The highest BCUT2D eigenvalue weighted by Gasteiger charge is 2.65. The van der Waals surface area contributed by atoms with Gasteiger partial charge in [-0.2, -0.15) is 13.2 Å². The van der Waals surface area contributed by atoms with Crippen LogP contribution in [0.3, 0.4) is 0 Å². The van der Waals surface area contributed by atoms with Crippen LogP contribution in [0.2, 0.25) is 0 Å². The predicted octanol–water partition coefficient (Wildman–Crippen LogP) is 2.43. The monoisotopic (exact) mass is 316 g/mol. The number of amides is 1. The fourth-order valence-electron chi connectivity index (χ4n) is 2.79. The van der Waals surface area contributed by atoms with Gasteiger partial charge in [0.05, 0.1) is 0 Å². The number of nitrogens with zero attached hydrogens (tertiary/aromatic N) is 1. The van der Waals surface area contributed by atoms with Gasteiger partial charge >= 0.3 is 12.3 Å². The van der Waals surface area contributed by atoms with E-state index in [1.165, 1.54) is 4.90 Å². The summed E-state index contributed by atoms with van der Waals surface area (Å²) >= 11 is 0. The lowest BCUT2D eigenvalue weighted by molar-refractivity contribution is -0.220. The van der Waals surface area contributed by atoms with Crippen molar-refractivity contribution in [2.24, 2.45) is 11.3 Å². The van der Waals surface area contributed by atoms with Gasteiger partial charge in [-0.15, -0.1) is 12.4 Å². The number of carbonyl (C=O) groups excluding carboxylic acids is 1. The van der Waals surface area contributed by atoms with Gasteiger partial charge in [0.25, 0.3) is 0 Å². The summed E-state index contributed by atoms with van der Waals surface area (Å²) in [6.45, 7) is 5.04. The zero-order valence-electron chi connectivity index (χ0n) is 11.7. The van der Waals surface area contributed by atoms with Crippen LogP contribution in [0.25, 0.3) is 0 Å². The van der Waals surface area contributed by atoms with Crippen LogP contribution in [-0.2, 0) is 4.74 Å². The maximum atomic E-state index is 13.3. The third kappa shape index (κ3) is 2.98. The van der Waals surface area contributed by atoms with Gasteiger partial charge in [0.15, 0.2) is 0 Å². The number of hydrogen-bond donors (Lipinski definition) is 1. The van der Waals surface area contributed by atoms with Crippen LogP contribution in [0.5, 0.6) is 0 Å². The van der Waals surface area contributed by atoms with Crippen LogP contribution in [0.4, 0.5) is 18.0 Å². The number of halogens is 4. The Kier molecular flexibility index (Phi) is 4.56. The second-order valence-electron chi connectivity index (χ2n) is 6.34. The maximum Gasteiger partial charge on any atom is 0.410 e. The number of hydrogen-bond acceptors (Lipinski definition) is 3. The molecule has 4 nitrogen and oxygen atoms in total. The van der Waals surface area contributed by atoms with Crippen molar-refractivity contribution in [2.45, 2.75) is 32.5 Å². The first-order valence-electron chi connectivity index (χ1n) is 6.30. The summed E-state index contributed by atoms with van der Waals surface area (Å²) < 4.78 is 44.9. The number of likely N-dealkylation sites (tertiary alicyclic amines) is 1. The number of nitrogens with one attached hydrogen (secondary N) is 1. The van der Waals surface area contributed by atoms with Crippen LogP contribution in [0.15, 0.2) is 0 Å². The molecule has 0 radical (unpaired) electrons. The molecule has 0 spiro atoms. The van der Waals surface area contributed by atoms with E-state index >= 15 is 0 Å². The molecule has 2 aliphatic heterocycles. The van der Waals surface area contributed by atoms with Gasteiger partial charge in [-0.25, -0.2) is 4.79 Å². The number of rotatable bonds is 0. The normalized spacial score (nSPS) is 29.9. The van der Waals surface area contributed by atoms with Crippen LogP contribution in [-0.4, -0.2) is 48.9 Å². The number of carbonyl (C=O) groups is 1. The van der Waals surface area contributed by atoms with Gasteiger partial charge < -0.3 is 15.0 Å². The summed E-state index contributed by atoms with van der Waals surface area (Å²) in [5.41, 5.74) is -2.51. The standard InChI is InChI=1S/C12H19F3N2O2.ClH/c1-10(2,3)19-9(18)17-5-8-4-16-6-11(8,7-17)12(13,14)15;/h8,16H,4-7H2,1-3H3;1H/t8-,11-;/m0./s1. The van der Waals surface area contributed by atoms with Crippen LogP contribution >= 0.6 is 12.4 Å². The van der Waals surface area contributed by atoms with E-state index in [-0.39, 0.29) is 32.0 Å². The van der Waals surface area contributed by atoms with E-state index in [9.17, 15) is 18.0 Å². The minimum atomic E-state index is -4.31. The largest absolute Gasteiger partial charge is 0.444 e. The summed E-state index contributed by atoms with van der Waals surface area (Å²) in [6, 6.07) is 0. The first kappa shape index (κ1) is 17.4. The molecule has 118 valence electrons. The second kappa shape index (κ2) is 5.26. The molecule has 2 atom stereocenters. The zero-order valence-corrected chi connectivity index (χ0v) is 12.5. The van der Waals surface area contributed by atoms with Gasteiger partial charge in [-0.05, 0) is 20.8 Å². The highest BCUT2D eigenvalue weighted by atomic mass is 35.5. The number of alkyl halides is 3. The third-order valence-corrected chi connectivity index (χ3v) is 3.74. The van der Waals surface area contributed by atoms with Crippen LogP contribution in [0.1, 0.15) is 20.8 Å². The molecule has 0 unspecified atom stereocenters. The average molecular weight is 317 g/mol. The van der Waals surface area contributed by atoms with Crippen molar-refractivity contribution in [2.75, 3.05) is 26.2 Å². The molecule has 20 heavy (non-hydrogen) atoms. The highest BCUT2D eigenvalue weighted by molar-refractivity contribution is 5.85. The zero-order chi connectivity index (χ0) is 14.5. The van der Waals surface area contributed by atoms with E-state index in [1.54, 1.807) is 20.8 Å². The van der Waals surface area contributed by atoms with E-state index in [1.807, 2.05) is 0 Å². The molecule has 1 N–H and O–H groups in total. The third-order valence-electron chi connectivity index (χ3n) is 3.74. The molecule has 0 aliphatic carbocycles. The minimum absolute atomic E-state index is 0.